The predicted molar refractivity (Wildman–Crippen MR) is 83.3 cm³/mol. The average molecular weight is 309 g/mol. The highest BCUT2D eigenvalue weighted by Gasteiger charge is 2.26. The fourth-order valence-electron chi connectivity index (χ4n) is 2.81. The zero-order valence-electron chi connectivity index (χ0n) is 13.7. The summed E-state index contributed by atoms with van der Waals surface area (Å²) in [5.74, 6) is 1.26. The van der Waals surface area contributed by atoms with Gasteiger partial charge in [0.05, 0.1) is 12.7 Å². The number of alkyl carbamates (subject to hydrolysis) is 1. The molecule has 124 valence electrons. The maximum Gasteiger partial charge on any atom is 0.407 e. The van der Waals surface area contributed by atoms with Crippen molar-refractivity contribution in [1.29, 1.82) is 0 Å². The topological polar surface area (TPSA) is 76.4 Å². The van der Waals surface area contributed by atoms with E-state index in [1.54, 1.807) is 6.20 Å². The van der Waals surface area contributed by atoms with Crippen LogP contribution in [-0.4, -0.2) is 29.4 Å². The van der Waals surface area contributed by atoms with Gasteiger partial charge in [0.1, 0.15) is 11.4 Å². The molecule has 1 amide bonds. The van der Waals surface area contributed by atoms with E-state index in [-0.39, 0.29) is 6.09 Å². The zero-order valence-corrected chi connectivity index (χ0v) is 13.7. The van der Waals surface area contributed by atoms with Crippen LogP contribution in [0, 0.1) is 5.92 Å². The molecule has 0 aromatic carbocycles. The number of aromatic nitrogens is 1. The van der Waals surface area contributed by atoms with Crippen LogP contribution in [0.4, 0.5) is 4.79 Å². The summed E-state index contributed by atoms with van der Waals surface area (Å²) in [5.41, 5.74) is -0.458. The van der Waals surface area contributed by atoms with Crippen molar-refractivity contribution in [3.05, 3.63) is 18.0 Å². The van der Waals surface area contributed by atoms with Gasteiger partial charge in [-0.3, -0.25) is 0 Å². The van der Waals surface area contributed by atoms with Crippen molar-refractivity contribution in [1.82, 2.24) is 15.8 Å². The minimum atomic E-state index is -0.458. The van der Waals surface area contributed by atoms with Crippen LogP contribution in [0.2, 0.25) is 0 Å². The Morgan fingerprint density at radius 2 is 2.18 bits per heavy atom. The lowest BCUT2D eigenvalue weighted by molar-refractivity contribution is 0.0510. The van der Waals surface area contributed by atoms with Gasteiger partial charge in [0.25, 0.3) is 0 Å². The molecule has 1 aromatic heterocycles. The molecule has 1 aromatic rings. The number of hydrogen-bond donors (Lipinski definition) is 2. The molecule has 0 aliphatic heterocycles. The van der Waals surface area contributed by atoms with Crippen LogP contribution in [-0.2, 0) is 11.3 Å². The molecule has 2 atom stereocenters. The summed E-state index contributed by atoms with van der Waals surface area (Å²) in [4.78, 5) is 11.8. The minimum Gasteiger partial charge on any atom is -0.444 e. The quantitative estimate of drug-likeness (QED) is 0.874. The van der Waals surface area contributed by atoms with Crippen molar-refractivity contribution >= 4 is 6.09 Å². The van der Waals surface area contributed by atoms with Crippen LogP contribution in [0.5, 0.6) is 0 Å². The zero-order chi connectivity index (χ0) is 16.0. The van der Waals surface area contributed by atoms with E-state index in [0.717, 1.165) is 18.6 Å². The summed E-state index contributed by atoms with van der Waals surface area (Å²) >= 11 is 0. The minimum absolute atomic E-state index is 0.341. The molecule has 0 saturated heterocycles. The van der Waals surface area contributed by atoms with Gasteiger partial charge in [0.15, 0.2) is 0 Å². The Kier molecular flexibility index (Phi) is 5.83. The van der Waals surface area contributed by atoms with E-state index in [0.29, 0.717) is 25.0 Å². The highest BCUT2D eigenvalue weighted by molar-refractivity contribution is 5.67. The van der Waals surface area contributed by atoms with Crippen molar-refractivity contribution < 1.29 is 14.1 Å². The molecule has 2 unspecified atom stereocenters. The summed E-state index contributed by atoms with van der Waals surface area (Å²) in [6.07, 6.45) is 5.98. The smallest absolute Gasteiger partial charge is 0.407 e. The van der Waals surface area contributed by atoms with Gasteiger partial charge in [-0.2, -0.15) is 0 Å². The van der Waals surface area contributed by atoms with E-state index in [2.05, 4.69) is 15.8 Å². The normalized spacial score (nSPS) is 22.3. The molecule has 1 saturated carbocycles. The van der Waals surface area contributed by atoms with Gasteiger partial charge in [-0.05, 0) is 39.5 Å². The molecular formula is C16H27N3O3. The lowest BCUT2D eigenvalue weighted by Gasteiger charge is -2.32. The molecule has 1 heterocycles. The van der Waals surface area contributed by atoms with Crippen LogP contribution in [0.1, 0.15) is 52.2 Å². The standard InChI is InChI=1S/C16H27N3O3/c1-16(2,3)21-15(20)18-10-12-6-4-5-7-14(12)17-11-13-8-9-19-22-13/h8-9,12,14,17H,4-7,10-11H2,1-3H3,(H,18,20). The lowest BCUT2D eigenvalue weighted by Crippen LogP contribution is -2.44. The fourth-order valence-corrected chi connectivity index (χ4v) is 2.81. The third-order valence-corrected chi connectivity index (χ3v) is 3.85. The first-order valence-corrected chi connectivity index (χ1v) is 8.04. The van der Waals surface area contributed by atoms with E-state index in [1.807, 2.05) is 26.8 Å². The predicted octanol–water partition coefficient (Wildman–Crippen LogP) is 2.85. The third-order valence-electron chi connectivity index (χ3n) is 3.85. The summed E-state index contributed by atoms with van der Waals surface area (Å²) < 4.78 is 10.4. The SMILES string of the molecule is CC(C)(C)OC(=O)NCC1CCCCC1NCc1ccno1. The van der Waals surface area contributed by atoms with E-state index in [1.165, 1.54) is 12.8 Å². The molecule has 1 fully saturated rings. The first-order valence-electron chi connectivity index (χ1n) is 8.04. The number of nitrogens with one attached hydrogen (secondary N) is 2. The van der Waals surface area contributed by atoms with Crippen molar-refractivity contribution in [2.24, 2.45) is 5.92 Å². The van der Waals surface area contributed by atoms with Gasteiger partial charge < -0.3 is 19.9 Å². The Morgan fingerprint density at radius 1 is 1.41 bits per heavy atom. The monoisotopic (exact) mass is 309 g/mol. The van der Waals surface area contributed by atoms with E-state index >= 15 is 0 Å². The molecule has 1 aliphatic rings. The molecule has 6 heteroatoms. The molecule has 6 nitrogen and oxygen atoms in total. The molecule has 2 rings (SSSR count). The summed E-state index contributed by atoms with van der Waals surface area (Å²) in [6.45, 7) is 6.93. The van der Waals surface area contributed by atoms with Crippen molar-refractivity contribution in [2.45, 2.75) is 64.6 Å². The molecule has 2 N–H and O–H groups in total. The summed E-state index contributed by atoms with van der Waals surface area (Å²) in [5, 5.41) is 10.1. The number of amides is 1. The molecule has 1 aliphatic carbocycles. The largest absolute Gasteiger partial charge is 0.444 e. The molecule has 0 bridgehead atoms. The number of carbonyl (C=O) groups is 1. The number of ether oxygens (including phenoxy) is 1. The van der Waals surface area contributed by atoms with Gasteiger partial charge in [-0.1, -0.05) is 18.0 Å². The summed E-state index contributed by atoms with van der Waals surface area (Å²) in [6, 6.07) is 2.25. The van der Waals surface area contributed by atoms with Gasteiger partial charge in [0.2, 0.25) is 0 Å². The Bertz CT molecular complexity index is 454. The van der Waals surface area contributed by atoms with Crippen molar-refractivity contribution in [2.75, 3.05) is 6.54 Å². The van der Waals surface area contributed by atoms with Crippen LogP contribution >= 0.6 is 0 Å². The van der Waals surface area contributed by atoms with Crippen LogP contribution < -0.4 is 10.6 Å². The maximum absolute atomic E-state index is 11.8. The Morgan fingerprint density at radius 3 is 2.86 bits per heavy atom. The third kappa shape index (κ3) is 5.67. The van der Waals surface area contributed by atoms with E-state index in [9.17, 15) is 4.79 Å². The van der Waals surface area contributed by atoms with Crippen LogP contribution in [0.15, 0.2) is 16.8 Å². The average Bonchev–Trinajstić information content (AvgIpc) is 2.95. The van der Waals surface area contributed by atoms with Crippen LogP contribution in [0.25, 0.3) is 0 Å². The molecule has 22 heavy (non-hydrogen) atoms. The first kappa shape index (κ1) is 16.8. The van der Waals surface area contributed by atoms with Gasteiger partial charge >= 0.3 is 6.09 Å². The first-order chi connectivity index (χ1) is 10.4. The van der Waals surface area contributed by atoms with Gasteiger partial charge in [-0.25, -0.2) is 4.79 Å². The number of hydrogen-bond acceptors (Lipinski definition) is 5. The Balaban J connectivity index is 1.78. The molecule has 0 radical (unpaired) electrons. The van der Waals surface area contributed by atoms with Gasteiger partial charge in [0, 0.05) is 18.7 Å². The van der Waals surface area contributed by atoms with Crippen molar-refractivity contribution in [3.8, 4) is 0 Å². The van der Waals surface area contributed by atoms with E-state index in [4.69, 9.17) is 9.26 Å². The number of nitrogens with zero attached hydrogens (tertiary/aromatic N) is 1. The van der Waals surface area contributed by atoms with E-state index < -0.39 is 5.60 Å². The lowest BCUT2D eigenvalue weighted by atomic mass is 9.84. The second kappa shape index (κ2) is 7.63. The Labute approximate surface area is 132 Å². The maximum atomic E-state index is 11.8. The highest BCUT2D eigenvalue weighted by Crippen LogP contribution is 2.24. The number of rotatable bonds is 5. The molecular weight excluding hydrogens is 282 g/mol. The van der Waals surface area contributed by atoms with Gasteiger partial charge in [-0.15, -0.1) is 0 Å². The Hall–Kier alpha value is -1.56. The van der Waals surface area contributed by atoms with Crippen molar-refractivity contribution in [3.63, 3.8) is 0 Å². The van der Waals surface area contributed by atoms with Crippen LogP contribution in [0.3, 0.4) is 0 Å². The second-order valence-corrected chi connectivity index (χ2v) is 6.89. The molecule has 0 spiro atoms. The number of carbonyl (C=O) groups excluding carboxylic acids is 1. The highest BCUT2D eigenvalue weighted by atomic mass is 16.6. The summed E-state index contributed by atoms with van der Waals surface area (Å²) in [7, 11) is 0. The second-order valence-electron chi connectivity index (χ2n) is 6.89. The fraction of sp³-hybridized carbons (Fsp3) is 0.750.